The summed E-state index contributed by atoms with van der Waals surface area (Å²) in [5, 5.41) is 5.95. The van der Waals surface area contributed by atoms with E-state index in [9.17, 15) is 9.59 Å². The normalized spacial score (nSPS) is 11.1. The predicted octanol–water partition coefficient (Wildman–Crippen LogP) is 4.67. The fraction of sp³-hybridized carbons (Fsp3) is 0.0476. The van der Waals surface area contributed by atoms with E-state index in [0.717, 1.165) is 5.56 Å². The van der Waals surface area contributed by atoms with Crippen molar-refractivity contribution in [3.8, 4) is 0 Å². The molecule has 2 aromatic carbocycles. The molecule has 3 aromatic rings. The lowest BCUT2D eigenvalue weighted by Crippen LogP contribution is -2.34. The lowest BCUT2D eigenvalue weighted by Gasteiger charge is -2.11. The van der Waals surface area contributed by atoms with Gasteiger partial charge in [-0.1, -0.05) is 53.5 Å². The van der Waals surface area contributed by atoms with Crippen LogP contribution in [-0.2, 0) is 11.3 Å². The van der Waals surface area contributed by atoms with Gasteiger partial charge >= 0.3 is 0 Å². The molecular formula is C21H16Cl2N2O3. The molecule has 0 bridgehead atoms. The summed E-state index contributed by atoms with van der Waals surface area (Å²) in [6.45, 7) is 0.190. The molecular weight excluding hydrogens is 399 g/mol. The van der Waals surface area contributed by atoms with Crippen LogP contribution in [-0.4, -0.2) is 11.8 Å². The summed E-state index contributed by atoms with van der Waals surface area (Å²) in [7, 11) is 0. The molecule has 5 nitrogen and oxygen atoms in total. The van der Waals surface area contributed by atoms with Gasteiger partial charge in [-0.2, -0.15) is 0 Å². The molecule has 0 aliphatic carbocycles. The lowest BCUT2D eigenvalue weighted by atomic mass is 10.1. The lowest BCUT2D eigenvalue weighted by molar-refractivity contribution is -0.118. The maximum atomic E-state index is 12.7. The van der Waals surface area contributed by atoms with Crippen LogP contribution in [0.4, 0.5) is 0 Å². The first-order valence-electron chi connectivity index (χ1n) is 8.36. The molecule has 0 aliphatic rings. The Morgan fingerprint density at radius 2 is 1.79 bits per heavy atom. The highest BCUT2D eigenvalue weighted by Crippen LogP contribution is 2.21. The zero-order valence-electron chi connectivity index (χ0n) is 14.6. The summed E-state index contributed by atoms with van der Waals surface area (Å²) < 4.78 is 5.21. The van der Waals surface area contributed by atoms with Gasteiger partial charge in [-0.05, 0) is 42.0 Å². The molecule has 0 spiro atoms. The minimum Gasteiger partial charge on any atom is -0.467 e. The smallest absolute Gasteiger partial charge is 0.268 e. The van der Waals surface area contributed by atoms with Crippen LogP contribution in [0.2, 0.25) is 10.0 Å². The highest BCUT2D eigenvalue weighted by Gasteiger charge is 2.17. The number of halogens is 2. The Balaban J connectivity index is 1.82. The van der Waals surface area contributed by atoms with E-state index in [1.165, 1.54) is 18.4 Å². The van der Waals surface area contributed by atoms with Crippen molar-refractivity contribution in [2.75, 3.05) is 0 Å². The Labute approximate surface area is 172 Å². The monoisotopic (exact) mass is 414 g/mol. The molecule has 0 radical (unpaired) electrons. The number of furan rings is 1. The standard InChI is InChI=1S/C21H16Cl2N2O3/c22-15-8-9-17(18(23)12-15)20(26)25-19(11-14-5-2-1-3-6-14)21(27)24-13-16-7-4-10-28-16/h1-12H,13H2,(H,24,27)(H,25,26)/b19-11+. The maximum absolute atomic E-state index is 12.7. The van der Waals surface area contributed by atoms with Crippen LogP contribution in [0.15, 0.2) is 77.0 Å². The van der Waals surface area contributed by atoms with Crippen molar-refractivity contribution >= 4 is 41.1 Å². The Morgan fingerprint density at radius 3 is 2.46 bits per heavy atom. The first kappa shape index (κ1) is 19.7. The zero-order valence-corrected chi connectivity index (χ0v) is 16.1. The summed E-state index contributed by atoms with van der Waals surface area (Å²) in [5.41, 5.74) is 1.05. The molecule has 1 aromatic heterocycles. The summed E-state index contributed by atoms with van der Waals surface area (Å²) in [6.07, 6.45) is 3.10. The molecule has 0 unspecified atom stereocenters. The SMILES string of the molecule is O=C(NCc1ccco1)/C(=C\c1ccccc1)NC(=O)c1ccc(Cl)cc1Cl. The third-order valence-corrected chi connectivity index (χ3v) is 4.33. The van der Waals surface area contributed by atoms with Crippen molar-refractivity contribution < 1.29 is 14.0 Å². The number of hydrogen-bond donors (Lipinski definition) is 2. The van der Waals surface area contributed by atoms with E-state index in [0.29, 0.717) is 10.8 Å². The van der Waals surface area contributed by atoms with Crippen molar-refractivity contribution in [2.24, 2.45) is 0 Å². The summed E-state index contributed by atoms with van der Waals surface area (Å²) >= 11 is 12.0. The van der Waals surface area contributed by atoms with E-state index in [1.54, 1.807) is 24.3 Å². The first-order valence-corrected chi connectivity index (χ1v) is 9.12. The van der Waals surface area contributed by atoms with E-state index in [4.69, 9.17) is 27.6 Å². The van der Waals surface area contributed by atoms with Crippen molar-refractivity contribution in [3.05, 3.63) is 99.6 Å². The van der Waals surface area contributed by atoms with Crippen LogP contribution in [0.3, 0.4) is 0 Å². The van der Waals surface area contributed by atoms with Gasteiger partial charge in [-0.3, -0.25) is 9.59 Å². The van der Waals surface area contributed by atoms with Crippen LogP contribution in [0, 0.1) is 0 Å². The molecule has 0 saturated heterocycles. The molecule has 0 atom stereocenters. The van der Waals surface area contributed by atoms with Gasteiger partial charge in [0, 0.05) is 5.02 Å². The van der Waals surface area contributed by atoms with Crippen molar-refractivity contribution in [3.63, 3.8) is 0 Å². The molecule has 1 heterocycles. The van der Waals surface area contributed by atoms with Crippen LogP contribution < -0.4 is 10.6 Å². The molecule has 0 aliphatic heterocycles. The van der Waals surface area contributed by atoms with Crippen LogP contribution in [0.25, 0.3) is 6.08 Å². The van der Waals surface area contributed by atoms with Crippen molar-refractivity contribution in [1.82, 2.24) is 10.6 Å². The molecule has 0 saturated carbocycles. The average Bonchev–Trinajstić information content (AvgIpc) is 3.20. The zero-order chi connectivity index (χ0) is 19.9. The van der Waals surface area contributed by atoms with E-state index < -0.39 is 11.8 Å². The van der Waals surface area contributed by atoms with Gasteiger partial charge in [0.05, 0.1) is 23.4 Å². The van der Waals surface area contributed by atoms with Gasteiger partial charge in [0.25, 0.3) is 11.8 Å². The van der Waals surface area contributed by atoms with E-state index in [2.05, 4.69) is 10.6 Å². The van der Waals surface area contributed by atoms with Gasteiger partial charge in [-0.15, -0.1) is 0 Å². The third-order valence-electron chi connectivity index (χ3n) is 3.78. The van der Waals surface area contributed by atoms with E-state index >= 15 is 0 Å². The topological polar surface area (TPSA) is 71.3 Å². The number of nitrogens with one attached hydrogen (secondary N) is 2. The maximum Gasteiger partial charge on any atom is 0.268 e. The quantitative estimate of drug-likeness (QED) is 0.575. The average molecular weight is 415 g/mol. The Kier molecular flexibility index (Phi) is 6.53. The third kappa shape index (κ3) is 5.25. The molecule has 7 heteroatoms. The van der Waals surface area contributed by atoms with Gasteiger partial charge < -0.3 is 15.1 Å². The second-order valence-corrected chi connectivity index (χ2v) is 6.65. The summed E-state index contributed by atoms with van der Waals surface area (Å²) in [6, 6.07) is 17.2. The number of carbonyl (C=O) groups excluding carboxylic acids is 2. The highest BCUT2D eigenvalue weighted by atomic mass is 35.5. The molecule has 2 N–H and O–H groups in total. The number of rotatable bonds is 6. The summed E-state index contributed by atoms with van der Waals surface area (Å²) in [5.74, 6) is -0.379. The minimum atomic E-state index is -0.517. The Hall–Kier alpha value is -3.02. The van der Waals surface area contributed by atoms with Crippen LogP contribution in [0.5, 0.6) is 0 Å². The minimum absolute atomic E-state index is 0.0776. The summed E-state index contributed by atoms with van der Waals surface area (Å²) in [4.78, 5) is 25.3. The molecule has 3 rings (SSSR count). The van der Waals surface area contributed by atoms with E-state index in [1.807, 2.05) is 30.3 Å². The number of carbonyl (C=O) groups is 2. The van der Waals surface area contributed by atoms with Gasteiger partial charge in [0.15, 0.2) is 0 Å². The van der Waals surface area contributed by atoms with E-state index in [-0.39, 0.29) is 22.8 Å². The number of benzene rings is 2. The number of hydrogen-bond acceptors (Lipinski definition) is 3. The fourth-order valence-corrected chi connectivity index (χ4v) is 2.91. The van der Waals surface area contributed by atoms with Gasteiger partial charge in [-0.25, -0.2) is 0 Å². The second-order valence-electron chi connectivity index (χ2n) is 5.81. The first-order chi connectivity index (χ1) is 13.5. The van der Waals surface area contributed by atoms with Gasteiger partial charge in [0.1, 0.15) is 11.5 Å². The fourth-order valence-electron chi connectivity index (χ4n) is 2.41. The predicted molar refractivity (Wildman–Crippen MR) is 109 cm³/mol. The van der Waals surface area contributed by atoms with Gasteiger partial charge in [0.2, 0.25) is 0 Å². The van der Waals surface area contributed by atoms with Crippen molar-refractivity contribution in [1.29, 1.82) is 0 Å². The molecule has 2 amide bonds. The molecule has 28 heavy (non-hydrogen) atoms. The second kappa shape index (κ2) is 9.26. The number of amides is 2. The van der Waals surface area contributed by atoms with Crippen LogP contribution >= 0.6 is 23.2 Å². The largest absolute Gasteiger partial charge is 0.467 e. The molecule has 0 fully saturated rings. The highest BCUT2D eigenvalue weighted by molar-refractivity contribution is 6.36. The Bertz CT molecular complexity index is 1000. The van der Waals surface area contributed by atoms with Crippen LogP contribution in [0.1, 0.15) is 21.7 Å². The van der Waals surface area contributed by atoms with Crippen molar-refractivity contribution in [2.45, 2.75) is 6.54 Å². The molecule has 142 valence electrons. The Morgan fingerprint density at radius 1 is 1.00 bits per heavy atom.